The van der Waals surface area contributed by atoms with Gasteiger partial charge in [0.25, 0.3) is 0 Å². The van der Waals surface area contributed by atoms with Crippen LogP contribution in [0.1, 0.15) is 30.5 Å². The lowest BCUT2D eigenvalue weighted by Gasteiger charge is -2.50. The standard InChI is InChI=1S/C18H17ClN2O2/c1-11-4-3-5-13(8-11)21-17(22)20-15-10-18(21,2)23-16-7-6-12(19)9-14(15)16/h3-9,15H,10H2,1-2H3,(H,20,22)/t15-,18-/m1/s1. The quantitative estimate of drug-likeness (QED) is 0.842. The third kappa shape index (κ3) is 2.25. The van der Waals surface area contributed by atoms with Crippen molar-refractivity contribution in [3.63, 3.8) is 0 Å². The second-order valence-corrected chi connectivity index (χ2v) is 6.78. The van der Waals surface area contributed by atoms with Gasteiger partial charge >= 0.3 is 6.03 Å². The Kier molecular flexibility index (Phi) is 3.07. The summed E-state index contributed by atoms with van der Waals surface area (Å²) in [5.74, 6) is 0.769. The van der Waals surface area contributed by atoms with E-state index in [2.05, 4.69) is 5.32 Å². The van der Waals surface area contributed by atoms with Crippen LogP contribution < -0.4 is 15.0 Å². The minimum atomic E-state index is -0.721. The summed E-state index contributed by atoms with van der Waals surface area (Å²) in [6.07, 6.45) is 0.667. The van der Waals surface area contributed by atoms with Crippen LogP contribution >= 0.6 is 11.6 Å². The molecule has 5 heteroatoms. The van der Waals surface area contributed by atoms with Gasteiger partial charge in [-0.05, 0) is 49.7 Å². The van der Waals surface area contributed by atoms with Crippen molar-refractivity contribution in [2.45, 2.75) is 32.0 Å². The van der Waals surface area contributed by atoms with Crippen LogP contribution in [-0.4, -0.2) is 11.8 Å². The lowest BCUT2D eigenvalue weighted by atomic mass is 9.90. The molecule has 2 amide bonds. The summed E-state index contributed by atoms with van der Waals surface area (Å²) in [6.45, 7) is 3.97. The zero-order valence-electron chi connectivity index (χ0n) is 13.0. The molecule has 23 heavy (non-hydrogen) atoms. The van der Waals surface area contributed by atoms with E-state index < -0.39 is 5.72 Å². The molecule has 0 radical (unpaired) electrons. The first-order valence-electron chi connectivity index (χ1n) is 7.62. The third-order valence-electron chi connectivity index (χ3n) is 4.49. The van der Waals surface area contributed by atoms with Gasteiger partial charge in [-0.2, -0.15) is 0 Å². The molecular weight excluding hydrogens is 312 g/mol. The fraction of sp³-hybridized carbons (Fsp3) is 0.278. The zero-order valence-corrected chi connectivity index (χ0v) is 13.7. The molecule has 2 aliphatic rings. The van der Waals surface area contributed by atoms with Crippen LogP contribution in [0, 0.1) is 6.92 Å². The van der Waals surface area contributed by atoms with Gasteiger partial charge in [-0.15, -0.1) is 0 Å². The Morgan fingerprint density at radius 2 is 2.13 bits per heavy atom. The number of carbonyl (C=O) groups excluding carboxylic acids is 1. The summed E-state index contributed by atoms with van der Waals surface area (Å²) in [6, 6.07) is 13.2. The van der Waals surface area contributed by atoms with E-state index in [9.17, 15) is 4.79 Å². The number of rotatable bonds is 1. The van der Waals surface area contributed by atoms with Crippen LogP contribution in [0.25, 0.3) is 0 Å². The molecule has 4 rings (SSSR count). The lowest BCUT2D eigenvalue weighted by Crippen LogP contribution is -2.65. The molecule has 0 spiro atoms. The fourth-order valence-corrected chi connectivity index (χ4v) is 3.68. The highest BCUT2D eigenvalue weighted by atomic mass is 35.5. The van der Waals surface area contributed by atoms with Crippen molar-refractivity contribution in [3.05, 3.63) is 58.6 Å². The second kappa shape index (κ2) is 4.90. The molecule has 0 aliphatic carbocycles. The number of carbonyl (C=O) groups is 1. The van der Waals surface area contributed by atoms with Gasteiger partial charge in [-0.1, -0.05) is 23.7 Å². The number of ether oxygens (including phenoxy) is 1. The summed E-state index contributed by atoms with van der Waals surface area (Å²) in [7, 11) is 0. The van der Waals surface area contributed by atoms with E-state index >= 15 is 0 Å². The van der Waals surface area contributed by atoms with Gasteiger partial charge in [0, 0.05) is 22.7 Å². The van der Waals surface area contributed by atoms with Crippen LogP contribution in [0.5, 0.6) is 5.75 Å². The van der Waals surface area contributed by atoms with Crippen molar-refractivity contribution < 1.29 is 9.53 Å². The Bertz CT molecular complexity index is 807. The largest absolute Gasteiger partial charge is 0.467 e. The van der Waals surface area contributed by atoms with Crippen molar-refractivity contribution in [2.24, 2.45) is 0 Å². The summed E-state index contributed by atoms with van der Waals surface area (Å²) in [5, 5.41) is 3.72. The maximum absolute atomic E-state index is 12.7. The van der Waals surface area contributed by atoms with Gasteiger partial charge in [0.05, 0.1) is 6.04 Å². The number of nitrogens with one attached hydrogen (secondary N) is 1. The Balaban J connectivity index is 1.81. The van der Waals surface area contributed by atoms with Crippen molar-refractivity contribution in [1.82, 2.24) is 5.32 Å². The fourth-order valence-electron chi connectivity index (χ4n) is 3.50. The molecule has 2 atom stereocenters. The first-order valence-corrected chi connectivity index (χ1v) is 8.00. The topological polar surface area (TPSA) is 41.6 Å². The first kappa shape index (κ1) is 14.4. The molecule has 118 valence electrons. The van der Waals surface area contributed by atoms with Gasteiger partial charge in [0.15, 0.2) is 5.72 Å². The lowest BCUT2D eigenvalue weighted by molar-refractivity contribution is 0.0379. The van der Waals surface area contributed by atoms with Gasteiger partial charge in [0.2, 0.25) is 0 Å². The van der Waals surface area contributed by atoms with E-state index in [4.69, 9.17) is 16.3 Å². The highest BCUT2D eigenvalue weighted by Crippen LogP contribution is 2.46. The minimum absolute atomic E-state index is 0.0870. The molecule has 2 bridgehead atoms. The number of hydrogen-bond acceptors (Lipinski definition) is 2. The van der Waals surface area contributed by atoms with Gasteiger partial charge in [-0.25, -0.2) is 4.79 Å². The Hall–Kier alpha value is -2.20. The molecule has 2 aromatic carbocycles. The number of anilines is 1. The Labute approximate surface area is 140 Å². The molecule has 2 aliphatic heterocycles. The molecule has 1 N–H and O–H groups in total. The minimum Gasteiger partial charge on any atom is -0.467 e. The van der Waals surface area contributed by atoms with E-state index in [-0.39, 0.29) is 12.1 Å². The van der Waals surface area contributed by atoms with E-state index in [1.54, 1.807) is 4.90 Å². The highest BCUT2D eigenvalue weighted by Gasteiger charge is 2.49. The summed E-state index contributed by atoms with van der Waals surface area (Å²) in [5.41, 5.74) is 2.15. The van der Waals surface area contributed by atoms with Crippen molar-refractivity contribution in [1.29, 1.82) is 0 Å². The predicted octanol–water partition coefficient (Wildman–Crippen LogP) is 4.42. The number of hydrogen-bond donors (Lipinski definition) is 1. The maximum atomic E-state index is 12.7. The zero-order chi connectivity index (χ0) is 16.2. The molecule has 4 nitrogen and oxygen atoms in total. The van der Waals surface area contributed by atoms with Gasteiger partial charge < -0.3 is 10.1 Å². The first-order chi connectivity index (χ1) is 11.0. The number of fused-ring (bicyclic) bond motifs is 4. The number of urea groups is 1. The van der Waals surface area contributed by atoms with Crippen molar-refractivity contribution in [2.75, 3.05) is 4.90 Å². The maximum Gasteiger partial charge on any atom is 0.325 e. The predicted molar refractivity (Wildman–Crippen MR) is 90.0 cm³/mol. The highest BCUT2D eigenvalue weighted by molar-refractivity contribution is 6.30. The Morgan fingerprint density at radius 1 is 1.30 bits per heavy atom. The molecular formula is C18H17ClN2O2. The van der Waals surface area contributed by atoms with Crippen LogP contribution in [0.15, 0.2) is 42.5 Å². The SMILES string of the molecule is Cc1cccc(N2C(=O)N[C@@H]3C[C@@]2(C)Oc2ccc(Cl)cc23)c1. The Morgan fingerprint density at radius 3 is 2.91 bits per heavy atom. The van der Waals surface area contributed by atoms with Crippen molar-refractivity contribution >= 4 is 23.3 Å². The average molecular weight is 329 g/mol. The molecule has 0 aromatic heterocycles. The van der Waals surface area contributed by atoms with Crippen molar-refractivity contribution in [3.8, 4) is 5.75 Å². The molecule has 2 aromatic rings. The summed E-state index contributed by atoms with van der Waals surface area (Å²) >= 11 is 6.09. The molecule has 0 saturated carbocycles. The molecule has 2 heterocycles. The summed E-state index contributed by atoms with van der Waals surface area (Å²) in [4.78, 5) is 14.4. The average Bonchev–Trinajstić information content (AvgIpc) is 2.47. The smallest absolute Gasteiger partial charge is 0.325 e. The molecule has 1 saturated heterocycles. The van der Waals surface area contributed by atoms with Crippen LogP contribution in [0.3, 0.4) is 0 Å². The van der Waals surface area contributed by atoms with E-state index in [1.165, 1.54) is 0 Å². The third-order valence-corrected chi connectivity index (χ3v) is 4.73. The van der Waals surface area contributed by atoms with E-state index in [1.807, 2.05) is 56.3 Å². The van der Waals surface area contributed by atoms with Crippen LogP contribution in [0.4, 0.5) is 10.5 Å². The molecule has 1 fully saturated rings. The van der Waals surface area contributed by atoms with Gasteiger partial charge in [0.1, 0.15) is 5.75 Å². The van der Waals surface area contributed by atoms with Gasteiger partial charge in [-0.3, -0.25) is 4.90 Å². The van der Waals surface area contributed by atoms with E-state index in [0.29, 0.717) is 11.4 Å². The van der Waals surface area contributed by atoms with E-state index in [0.717, 1.165) is 22.6 Å². The molecule has 0 unspecified atom stereocenters. The number of benzene rings is 2. The van der Waals surface area contributed by atoms with Crippen LogP contribution in [0.2, 0.25) is 5.02 Å². The number of halogens is 1. The summed E-state index contributed by atoms with van der Waals surface area (Å²) < 4.78 is 6.23. The number of nitrogens with zero attached hydrogens (tertiary/aromatic N) is 1. The van der Waals surface area contributed by atoms with Crippen LogP contribution in [-0.2, 0) is 0 Å². The number of aryl methyl sites for hydroxylation is 1. The number of amides is 2. The second-order valence-electron chi connectivity index (χ2n) is 6.34. The monoisotopic (exact) mass is 328 g/mol. The normalized spacial score (nSPS) is 25.4.